The van der Waals surface area contributed by atoms with Crippen LogP contribution in [0.4, 0.5) is 18.9 Å². The molecule has 10 heteroatoms. The van der Waals surface area contributed by atoms with Crippen LogP contribution in [0.5, 0.6) is 0 Å². The second-order valence-electron chi connectivity index (χ2n) is 7.97. The van der Waals surface area contributed by atoms with Gasteiger partial charge in [-0.2, -0.15) is 13.2 Å². The zero-order valence-corrected chi connectivity index (χ0v) is 18.9. The van der Waals surface area contributed by atoms with Gasteiger partial charge in [0.1, 0.15) is 5.82 Å². The van der Waals surface area contributed by atoms with Gasteiger partial charge < -0.3 is 20.5 Å². The standard InChI is InChI=1S/C24H27F3N4O3/c1-15-3-5-18(22-13-28-16(2)29-22)12-21(15)30-23(34)19-6-4-17(11-20(19)24(25,26)27)14-31(7-9-32)8-10-33/h3-6,11-13,32-33H,7-10,14H2,1-2H3,(H,28,29)(H,30,34). The fraction of sp³-hybridized carbons (Fsp3) is 0.333. The molecule has 0 radical (unpaired) electrons. The fourth-order valence-corrected chi connectivity index (χ4v) is 3.61. The summed E-state index contributed by atoms with van der Waals surface area (Å²) < 4.78 is 41.5. The van der Waals surface area contributed by atoms with Gasteiger partial charge in [0.05, 0.1) is 36.2 Å². The van der Waals surface area contributed by atoms with Gasteiger partial charge in [0, 0.05) is 30.9 Å². The Balaban J connectivity index is 1.89. The Morgan fingerprint density at radius 2 is 1.79 bits per heavy atom. The average molecular weight is 476 g/mol. The molecule has 7 nitrogen and oxygen atoms in total. The van der Waals surface area contributed by atoms with E-state index in [9.17, 15) is 18.0 Å². The van der Waals surface area contributed by atoms with Gasteiger partial charge in [0.25, 0.3) is 5.91 Å². The second-order valence-corrected chi connectivity index (χ2v) is 7.97. The highest BCUT2D eigenvalue weighted by molar-refractivity contribution is 6.06. The molecule has 1 heterocycles. The first-order valence-corrected chi connectivity index (χ1v) is 10.7. The summed E-state index contributed by atoms with van der Waals surface area (Å²) in [4.78, 5) is 21.8. The molecule has 34 heavy (non-hydrogen) atoms. The maximum absolute atomic E-state index is 13.8. The summed E-state index contributed by atoms with van der Waals surface area (Å²) in [6.07, 6.45) is -3.10. The summed E-state index contributed by atoms with van der Waals surface area (Å²) >= 11 is 0. The van der Waals surface area contributed by atoms with Gasteiger partial charge in [0.15, 0.2) is 0 Å². The number of aryl methyl sites for hydroxylation is 2. The molecule has 1 aromatic heterocycles. The lowest BCUT2D eigenvalue weighted by atomic mass is 10.0. The number of imidazole rings is 1. The number of amides is 1. The highest BCUT2D eigenvalue weighted by Crippen LogP contribution is 2.34. The number of hydrogen-bond donors (Lipinski definition) is 4. The van der Waals surface area contributed by atoms with E-state index >= 15 is 0 Å². The molecule has 1 amide bonds. The van der Waals surface area contributed by atoms with Gasteiger partial charge in [-0.1, -0.05) is 18.2 Å². The number of hydrogen-bond acceptors (Lipinski definition) is 5. The topological polar surface area (TPSA) is 101 Å². The van der Waals surface area contributed by atoms with Crippen molar-refractivity contribution in [3.05, 3.63) is 70.7 Å². The van der Waals surface area contributed by atoms with Crippen LogP contribution >= 0.6 is 0 Å². The number of carbonyl (C=O) groups excluding carboxylic acids is 1. The van der Waals surface area contributed by atoms with Crippen LogP contribution in [0.2, 0.25) is 0 Å². The van der Waals surface area contributed by atoms with Gasteiger partial charge in [-0.25, -0.2) is 4.98 Å². The Morgan fingerprint density at radius 3 is 2.38 bits per heavy atom. The molecule has 0 aliphatic heterocycles. The fourth-order valence-electron chi connectivity index (χ4n) is 3.61. The lowest BCUT2D eigenvalue weighted by Crippen LogP contribution is -2.29. The molecule has 3 aromatic rings. The van der Waals surface area contributed by atoms with E-state index in [1.54, 1.807) is 37.1 Å². The second kappa shape index (κ2) is 10.8. The monoisotopic (exact) mass is 476 g/mol. The summed E-state index contributed by atoms with van der Waals surface area (Å²) in [7, 11) is 0. The average Bonchev–Trinajstić information content (AvgIpc) is 3.21. The molecular formula is C24H27F3N4O3. The number of halogens is 3. The molecule has 0 saturated heterocycles. The van der Waals surface area contributed by atoms with E-state index in [0.29, 0.717) is 22.6 Å². The Kier molecular flexibility index (Phi) is 8.08. The highest BCUT2D eigenvalue weighted by atomic mass is 19.4. The maximum Gasteiger partial charge on any atom is 0.417 e. The number of aliphatic hydroxyl groups is 2. The van der Waals surface area contributed by atoms with Crippen LogP contribution < -0.4 is 5.32 Å². The lowest BCUT2D eigenvalue weighted by molar-refractivity contribution is -0.138. The molecule has 3 rings (SSSR count). The normalized spacial score (nSPS) is 11.8. The van der Waals surface area contributed by atoms with Crippen LogP contribution in [-0.4, -0.2) is 57.3 Å². The minimum absolute atomic E-state index is 0.0941. The van der Waals surface area contributed by atoms with Crippen LogP contribution in [0.15, 0.2) is 42.6 Å². The molecule has 2 aromatic carbocycles. The predicted octanol–water partition coefficient (Wildman–Crippen LogP) is 3.75. The molecule has 0 spiro atoms. The Hall–Kier alpha value is -3.21. The molecule has 182 valence electrons. The molecule has 0 atom stereocenters. The van der Waals surface area contributed by atoms with Crippen LogP contribution in [0.1, 0.15) is 32.9 Å². The van der Waals surface area contributed by atoms with Crippen molar-refractivity contribution in [2.24, 2.45) is 0 Å². The summed E-state index contributed by atoms with van der Waals surface area (Å²) in [6, 6.07) is 8.82. The number of aromatic amines is 1. The Labute approximate surface area is 195 Å². The lowest BCUT2D eigenvalue weighted by Gasteiger charge is -2.21. The molecule has 0 aliphatic rings. The van der Waals surface area contributed by atoms with Gasteiger partial charge >= 0.3 is 6.18 Å². The maximum atomic E-state index is 13.8. The van der Waals surface area contributed by atoms with Gasteiger partial charge in [-0.05, 0) is 43.2 Å². The molecule has 0 bridgehead atoms. The predicted molar refractivity (Wildman–Crippen MR) is 122 cm³/mol. The van der Waals surface area contributed by atoms with Gasteiger partial charge in [0.2, 0.25) is 0 Å². The minimum Gasteiger partial charge on any atom is -0.395 e. The summed E-state index contributed by atoms with van der Waals surface area (Å²) in [5.74, 6) is -0.157. The van der Waals surface area contributed by atoms with Crippen molar-refractivity contribution in [2.45, 2.75) is 26.6 Å². The number of nitrogens with one attached hydrogen (secondary N) is 2. The number of aromatic nitrogens is 2. The van der Waals surface area contributed by atoms with Crippen molar-refractivity contribution in [1.82, 2.24) is 14.9 Å². The van der Waals surface area contributed by atoms with Crippen molar-refractivity contribution in [1.29, 1.82) is 0 Å². The van der Waals surface area contributed by atoms with Crippen LogP contribution in [0.25, 0.3) is 11.3 Å². The Morgan fingerprint density at radius 1 is 1.09 bits per heavy atom. The number of alkyl halides is 3. The van der Waals surface area contributed by atoms with Crippen molar-refractivity contribution >= 4 is 11.6 Å². The van der Waals surface area contributed by atoms with E-state index in [1.807, 2.05) is 6.07 Å². The van der Waals surface area contributed by atoms with Crippen molar-refractivity contribution < 1.29 is 28.2 Å². The molecular weight excluding hydrogens is 449 g/mol. The summed E-state index contributed by atoms with van der Waals surface area (Å²) in [5.41, 5.74) is 1.33. The highest BCUT2D eigenvalue weighted by Gasteiger charge is 2.35. The number of nitrogens with zero attached hydrogens (tertiary/aromatic N) is 2. The first kappa shape index (κ1) is 25.4. The Bertz CT molecular complexity index is 1140. The number of rotatable bonds is 9. The number of carbonyl (C=O) groups is 1. The third kappa shape index (κ3) is 6.22. The van der Waals surface area contributed by atoms with Crippen LogP contribution in [-0.2, 0) is 12.7 Å². The van der Waals surface area contributed by atoms with Crippen molar-refractivity contribution in [2.75, 3.05) is 31.6 Å². The smallest absolute Gasteiger partial charge is 0.395 e. The van der Waals surface area contributed by atoms with Crippen molar-refractivity contribution in [3.8, 4) is 11.3 Å². The third-order valence-corrected chi connectivity index (χ3v) is 5.37. The van der Waals surface area contributed by atoms with Crippen molar-refractivity contribution in [3.63, 3.8) is 0 Å². The number of H-pyrrole nitrogens is 1. The largest absolute Gasteiger partial charge is 0.417 e. The minimum atomic E-state index is -4.74. The quantitative estimate of drug-likeness (QED) is 0.377. The van der Waals surface area contributed by atoms with Gasteiger partial charge in [-0.15, -0.1) is 0 Å². The molecule has 0 aliphatic carbocycles. The molecule has 0 saturated carbocycles. The van der Waals surface area contributed by atoms with E-state index in [1.165, 1.54) is 6.07 Å². The first-order chi connectivity index (χ1) is 16.1. The zero-order chi connectivity index (χ0) is 24.9. The number of anilines is 1. The SMILES string of the molecule is Cc1ncc(-c2ccc(C)c(NC(=O)c3ccc(CN(CCO)CCO)cc3C(F)(F)F)c2)[nH]1. The van der Waals surface area contributed by atoms with Crippen LogP contribution in [0.3, 0.4) is 0 Å². The number of aliphatic hydroxyl groups excluding tert-OH is 2. The number of benzene rings is 2. The zero-order valence-electron chi connectivity index (χ0n) is 18.9. The van der Waals surface area contributed by atoms with E-state index in [-0.39, 0.29) is 32.8 Å². The third-order valence-electron chi connectivity index (χ3n) is 5.37. The summed E-state index contributed by atoms with van der Waals surface area (Å²) in [5, 5.41) is 20.9. The molecule has 0 fully saturated rings. The molecule has 0 unspecified atom stereocenters. The van der Waals surface area contributed by atoms with E-state index in [4.69, 9.17) is 10.2 Å². The van der Waals surface area contributed by atoms with E-state index in [2.05, 4.69) is 15.3 Å². The summed E-state index contributed by atoms with van der Waals surface area (Å²) in [6.45, 7) is 3.67. The van der Waals surface area contributed by atoms with Gasteiger partial charge in [-0.3, -0.25) is 9.69 Å². The van der Waals surface area contributed by atoms with E-state index in [0.717, 1.165) is 23.4 Å². The molecule has 4 N–H and O–H groups in total. The van der Waals surface area contributed by atoms with E-state index < -0.39 is 23.2 Å². The first-order valence-electron chi connectivity index (χ1n) is 10.7. The van der Waals surface area contributed by atoms with Crippen LogP contribution in [0, 0.1) is 13.8 Å².